The Hall–Kier alpha value is -0.650. The fourth-order valence-electron chi connectivity index (χ4n) is 1.38. The third-order valence-corrected chi connectivity index (χ3v) is 2.07. The number of rotatable bonds is 2. The van der Waals surface area contributed by atoms with Crippen molar-refractivity contribution in [1.82, 2.24) is 5.32 Å². The molecule has 1 aliphatic rings. The van der Waals surface area contributed by atoms with E-state index < -0.39 is 6.10 Å². The second-order valence-corrected chi connectivity index (χ2v) is 3.25. The molecule has 5 heteroatoms. The molecule has 1 amide bonds. The van der Waals surface area contributed by atoms with Crippen molar-refractivity contribution in [2.75, 3.05) is 13.2 Å². The third kappa shape index (κ3) is 2.95. The molecular formula is C8H15NO4. The minimum absolute atomic E-state index is 0.0934. The van der Waals surface area contributed by atoms with Crippen LogP contribution in [0.15, 0.2) is 0 Å². The van der Waals surface area contributed by atoms with Gasteiger partial charge in [-0.05, 0) is 0 Å². The monoisotopic (exact) mass is 189 g/mol. The molecule has 5 nitrogen and oxygen atoms in total. The Bertz CT molecular complexity index is 185. The standard InChI is InChI=1S/C8H15NO4/c1-5(11)9-7-4-13-6(3-10)2-8(7)12/h6-8,10,12H,2-4H2,1H3,(H,9,11)/t6?,7?,8-/m1/s1. The number of carbonyl (C=O) groups is 1. The first kappa shape index (κ1) is 10.4. The lowest BCUT2D eigenvalue weighted by Crippen LogP contribution is -2.51. The van der Waals surface area contributed by atoms with E-state index in [1.807, 2.05) is 0 Å². The van der Waals surface area contributed by atoms with Crippen LogP contribution in [0.1, 0.15) is 13.3 Å². The van der Waals surface area contributed by atoms with E-state index in [-0.39, 0.29) is 31.3 Å². The molecule has 1 aliphatic heterocycles. The summed E-state index contributed by atoms with van der Waals surface area (Å²) in [5.41, 5.74) is 0. The van der Waals surface area contributed by atoms with Crippen molar-refractivity contribution in [2.24, 2.45) is 0 Å². The summed E-state index contributed by atoms with van der Waals surface area (Å²) in [7, 11) is 0. The molecule has 1 fully saturated rings. The number of aliphatic hydroxyl groups excluding tert-OH is 2. The highest BCUT2D eigenvalue weighted by atomic mass is 16.5. The summed E-state index contributed by atoms with van der Waals surface area (Å²) >= 11 is 0. The summed E-state index contributed by atoms with van der Waals surface area (Å²) in [6.07, 6.45) is -0.573. The predicted molar refractivity (Wildman–Crippen MR) is 45.1 cm³/mol. The number of amides is 1. The van der Waals surface area contributed by atoms with Crippen LogP contribution in [0.4, 0.5) is 0 Å². The van der Waals surface area contributed by atoms with Gasteiger partial charge in [0.25, 0.3) is 0 Å². The highest BCUT2D eigenvalue weighted by molar-refractivity contribution is 5.73. The second kappa shape index (κ2) is 4.55. The number of ether oxygens (including phenoxy) is 1. The first-order valence-electron chi connectivity index (χ1n) is 4.31. The van der Waals surface area contributed by atoms with Gasteiger partial charge < -0.3 is 20.3 Å². The molecule has 0 bridgehead atoms. The zero-order valence-corrected chi connectivity index (χ0v) is 7.56. The molecule has 2 unspecified atom stereocenters. The fraction of sp³-hybridized carbons (Fsp3) is 0.875. The Balaban J connectivity index is 2.39. The molecular weight excluding hydrogens is 174 g/mol. The van der Waals surface area contributed by atoms with Gasteiger partial charge in [-0.15, -0.1) is 0 Å². The lowest BCUT2D eigenvalue weighted by atomic mass is 10.0. The Labute approximate surface area is 76.7 Å². The van der Waals surface area contributed by atoms with E-state index in [0.717, 1.165) is 0 Å². The molecule has 3 atom stereocenters. The lowest BCUT2D eigenvalue weighted by molar-refractivity contribution is -0.125. The predicted octanol–water partition coefficient (Wildman–Crippen LogP) is -1.37. The van der Waals surface area contributed by atoms with E-state index in [9.17, 15) is 9.90 Å². The van der Waals surface area contributed by atoms with Gasteiger partial charge in [0.15, 0.2) is 0 Å². The largest absolute Gasteiger partial charge is 0.394 e. The number of carbonyl (C=O) groups excluding carboxylic acids is 1. The summed E-state index contributed by atoms with van der Waals surface area (Å²) in [4.78, 5) is 10.7. The van der Waals surface area contributed by atoms with Crippen molar-refractivity contribution in [3.8, 4) is 0 Å². The number of aliphatic hydroxyl groups is 2. The first-order valence-corrected chi connectivity index (χ1v) is 4.31. The molecule has 0 aromatic carbocycles. The molecule has 1 saturated heterocycles. The summed E-state index contributed by atoms with van der Waals surface area (Å²) in [5, 5.41) is 20.8. The minimum Gasteiger partial charge on any atom is -0.394 e. The van der Waals surface area contributed by atoms with E-state index in [1.165, 1.54) is 6.92 Å². The zero-order valence-electron chi connectivity index (χ0n) is 7.56. The van der Waals surface area contributed by atoms with Gasteiger partial charge in [0.05, 0.1) is 31.5 Å². The summed E-state index contributed by atoms with van der Waals surface area (Å²) in [5.74, 6) is -0.185. The van der Waals surface area contributed by atoms with Crippen LogP contribution >= 0.6 is 0 Å². The van der Waals surface area contributed by atoms with Gasteiger partial charge in [-0.2, -0.15) is 0 Å². The maximum absolute atomic E-state index is 10.7. The summed E-state index contributed by atoms with van der Waals surface area (Å²) in [6.45, 7) is 1.56. The Morgan fingerprint density at radius 3 is 2.85 bits per heavy atom. The van der Waals surface area contributed by atoms with E-state index in [0.29, 0.717) is 6.42 Å². The van der Waals surface area contributed by atoms with Crippen molar-refractivity contribution in [3.63, 3.8) is 0 Å². The number of hydrogen-bond donors (Lipinski definition) is 3. The maximum Gasteiger partial charge on any atom is 0.217 e. The van der Waals surface area contributed by atoms with Crippen molar-refractivity contribution in [1.29, 1.82) is 0 Å². The van der Waals surface area contributed by atoms with E-state index in [2.05, 4.69) is 5.32 Å². The van der Waals surface area contributed by atoms with Crippen molar-refractivity contribution < 1.29 is 19.7 Å². The molecule has 0 saturated carbocycles. The fourth-order valence-corrected chi connectivity index (χ4v) is 1.38. The highest BCUT2D eigenvalue weighted by Gasteiger charge is 2.29. The maximum atomic E-state index is 10.7. The summed E-state index contributed by atoms with van der Waals surface area (Å²) < 4.78 is 5.19. The molecule has 0 aliphatic carbocycles. The van der Waals surface area contributed by atoms with Gasteiger partial charge >= 0.3 is 0 Å². The zero-order chi connectivity index (χ0) is 9.84. The minimum atomic E-state index is -0.630. The molecule has 13 heavy (non-hydrogen) atoms. The van der Waals surface area contributed by atoms with Crippen LogP contribution in [-0.2, 0) is 9.53 Å². The molecule has 0 aromatic heterocycles. The van der Waals surface area contributed by atoms with E-state index >= 15 is 0 Å². The highest BCUT2D eigenvalue weighted by Crippen LogP contribution is 2.13. The van der Waals surface area contributed by atoms with Crippen LogP contribution in [0.2, 0.25) is 0 Å². The molecule has 0 radical (unpaired) electrons. The number of hydrogen-bond acceptors (Lipinski definition) is 4. The lowest BCUT2D eigenvalue weighted by Gasteiger charge is -2.32. The van der Waals surface area contributed by atoms with Crippen molar-refractivity contribution in [3.05, 3.63) is 0 Å². The first-order chi connectivity index (χ1) is 6.13. The van der Waals surface area contributed by atoms with Crippen LogP contribution in [0, 0.1) is 0 Å². The van der Waals surface area contributed by atoms with Gasteiger partial charge in [0.1, 0.15) is 0 Å². The third-order valence-electron chi connectivity index (χ3n) is 2.07. The smallest absolute Gasteiger partial charge is 0.217 e. The molecule has 1 rings (SSSR count). The van der Waals surface area contributed by atoms with Gasteiger partial charge in [-0.25, -0.2) is 0 Å². The SMILES string of the molecule is CC(=O)NC1COC(CO)C[C@H]1O. The van der Waals surface area contributed by atoms with E-state index in [4.69, 9.17) is 9.84 Å². The van der Waals surface area contributed by atoms with Crippen LogP contribution < -0.4 is 5.32 Å². The molecule has 3 N–H and O–H groups in total. The molecule has 1 heterocycles. The van der Waals surface area contributed by atoms with Crippen molar-refractivity contribution in [2.45, 2.75) is 31.6 Å². The van der Waals surface area contributed by atoms with Crippen LogP contribution in [-0.4, -0.2) is 47.6 Å². The Morgan fingerprint density at radius 2 is 2.38 bits per heavy atom. The van der Waals surface area contributed by atoms with Crippen LogP contribution in [0.25, 0.3) is 0 Å². The van der Waals surface area contributed by atoms with Gasteiger partial charge in [0, 0.05) is 13.3 Å². The molecule has 0 spiro atoms. The Kier molecular flexibility index (Phi) is 3.65. The van der Waals surface area contributed by atoms with Gasteiger partial charge in [-0.1, -0.05) is 0 Å². The quantitative estimate of drug-likeness (QED) is 0.501. The Morgan fingerprint density at radius 1 is 1.69 bits per heavy atom. The second-order valence-electron chi connectivity index (χ2n) is 3.25. The van der Waals surface area contributed by atoms with Crippen molar-refractivity contribution >= 4 is 5.91 Å². The average Bonchev–Trinajstić information content (AvgIpc) is 2.08. The normalized spacial score (nSPS) is 34.2. The van der Waals surface area contributed by atoms with Gasteiger partial charge in [-0.3, -0.25) is 4.79 Å². The summed E-state index contributed by atoms with van der Waals surface area (Å²) in [6, 6.07) is -0.347. The van der Waals surface area contributed by atoms with Gasteiger partial charge in [0.2, 0.25) is 5.91 Å². The molecule has 0 aromatic rings. The van der Waals surface area contributed by atoms with Crippen LogP contribution in [0.3, 0.4) is 0 Å². The van der Waals surface area contributed by atoms with Crippen LogP contribution in [0.5, 0.6) is 0 Å². The van der Waals surface area contributed by atoms with E-state index in [1.54, 1.807) is 0 Å². The molecule has 76 valence electrons. The average molecular weight is 189 g/mol. The number of nitrogens with one attached hydrogen (secondary N) is 1. The topological polar surface area (TPSA) is 78.8 Å².